The molecule has 2 aromatic carbocycles. The predicted octanol–water partition coefficient (Wildman–Crippen LogP) is 4.90. The van der Waals surface area contributed by atoms with Crippen LogP contribution in [0.4, 0.5) is 10.5 Å². The molecule has 8 heteroatoms. The van der Waals surface area contributed by atoms with Crippen LogP contribution in [0.1, 0.15) is 38.1 Å². The number of piperidine rings is 1. The maximum absolute atomic E-state index is 13.0. The Labute approximate surface area is 181 Å². The standard InChI is InChI=1S/C23H26N4O4/c1-3-30-18-12-10-17(11-13-18)24-23(28)27-14-5-4-9-20(27)22-25-21(26-31-22)16-7-6-8-19(15-16)29-2/h6-8,10-13,15,20H,3-5,9,14H2,1-2H3,(H,24,28). The Morgan fingerprint density at radius 1 is 1.19 bits per heavy atom. The average Bonchev–Trinajstić information content (AvgIpc) is 3.31. The molecular weight excluding hydrogens is 396 g/mol. The van der Waals surface area contributed by atoms with Gasteiger partial charge in [0.15, 0.2) is 0 Å². The second-order valence-corrected chi connectivity index (χ2v) is 7.28. The maximum Gasteiger partial charge on any atom is 0.322 e. The zero-order valence-corrected chi connectivity index (χ0v) is 17.7. The number of urea groups is 1. The molecule has 1 unspecified atom stereocenters. The van der Waals surface area contributed by atoms with Crippen molar-refractivity contribution in [1.29, 1.82) is 0 Å². The number of nitrogens with one attached hydrogen (secondary N) is 1. The molecule has 2 amide bonds. The van der Waals surface area contributed by atoms with Crippen molar-refractivity contribution in [3.63, 3.8) is 0 Å². The van der Waals surface area contributed by atoms with Crippen molar-refractivity contribution >= 4 is 11.7 Å². The van der Waals surface area contributed by atoms with Gasteiger partial charge in [-0.15, -0.1) is 0 Å². The minimum absolute atomic E-state index is 0.185. The van der Waals surface area contributed by atoms with Crippen LogP contribution in [0.25, 0.3) is 11.4 Å². The van der Waals surface area contributed by atoms with E-state index in [2.05, 4.69) is 15.5 Å². The van der Waals surface area contributed by atoms with Crippen molar-refractivity contribution < 1.29 is 18.8 Å². The summed E-state index contributed by atoms with van der Waals surface area (Å²) in [4.78, 5) is 19.3. The summed E-state index contributed by atoms with van der Waals surface area (Å²) in [6.45, 7) is 3.16. The SMILES string of the molecule is CCOc1ccc(NC(=O)N2CCCCC2c2nc(-c3cccc(OC)c3)no2)cc1. The fourth-order valence-corrected chi connectivity index (χ4v) is 3.68. The summed E-state index contributed by atoms with van der Waals surface area (Å²) in [6.07, 6.45) is 2.70. The number of hydrogen-bond acceptors (Lipinski definition) is 6. The van der Waals surface area contributed by atoms with Crippen LogP contribution in [0, 0.1) is 0 Å². The highest BCUT2D eigenvalue weighted by Gasteiger charge is 2.32. The van der Waals surface area contributed by atoms with Crippen LogP contribution in [-0.2, 0) is 0 Å². The summed E-state index contributed by atoms with van der Waals surface area (Å²) in [7, 11) is 1.61. The molecule has 8 nitrogen and oxygen atoms in total. The average molecular weight is 422 g/mol. The number of carbonyl (C=O) groups excluding carboxylic acids is 1. The van der Waals surface area contributed by atoms with Gasteiger partial charge in [0.25, 0.3) is 0 Å². The number of amides is 2. The highest BCUT2D eigenvalue weighted by Crippen LogP contribution is 2.32. The van der Waals surface area contributed by atoms with Crippen molar-refractivity contribution in [3.05, 3.63) is 54.4 Å². The molecule has 0 radical (unpaired) electrons. The molecule has 1 N–H and O–H groups in total. The van der Waals surface area contributed by atoms with E-state index in [1.54, 1.807) is 12.0 Å². The molecule has 0 spiro atoms. The first-order valence-corrected chi connectivity index (χ1v) is 10.5. The van der Waals surface area contributed by atoms with Crippen molar-refractivity contribution in [3.8, 4) is 22.9 Å². The number of rotatable bonds is 6. The smallest absolute Gasteiger partial charge is 0.322 e. The molecule has 1 aliphatic heterocycles. The van der Waals surface area contributed by atoms with Crippen molar-refractivity contribution in [2.24, 2.45) is 0 Å². The first-order chi connectivity index (χ1) is 15.2. The van der Waals surface area contributed by atoms with Crippen LogP contribution in [0.2, 0.25) is 0 Å². The number of anilines is 1. The van der Waals surface area contributed by atoms with Crippen LogP contribution >= 0.6 is 0 Å². The minimum atomic E-state index is -0.261. The van der Waals surface area contributed by atoms with E-state index in [1.807, 2.05) is 55.5 Å². The Bertz CT molecular complexity index is 1020. The van der Waals surface area contributed by atoms with Crippen molar-refractivity contribution in [2.45, 2.75) is 32.2 Å². The van der Waals surface area contributed by atoms with E-state index >= 15 is 0 Å². The van der Waals surface area contributed by atoms with Gasteiger partial charge in [0.1, 0.15) is 17.5 Å². The second-order valence-electron chi connectivity index (χ2n) is 7.28. The fraction of sp³-hybridized carbons (Fsp3) is 0.348. The third kappa shape index (κ3) is 4.79. The molecule has 1 aromatic heterocycles. The van der Waals surface area contributed by atoms with Gasteiger partial charge < -0.3 is 24.2 Å². The minimum Gasteiger partial charge on any atom is -0.497 e. The number of nitrogens with zero attached hydrogens (tertiary/aromatic N) is 3. The molecule has 3 aromatic rings. The number of likely N-dealkylation sites (tertiary alicyclic amines) is 1. The summed E-state index contributed by atoms with van der Waals surface area (Å²) in [5.74, 6) is 2.41. The van der Waals surface area contributed by atoms with Crippen molar-refractivity contribution in [2.75, 3.05) is 25.6 Å². The van der Waals surface area contributed by atoms with Gasteiger partial charge in [0.2, 0.25) is 11.7 Å². The molecule has 1 aliphatic rings. The van der Waals surface area contributed by atoms with Crippen LogP contribution in [0.15, 0.2) is 53.1 Å². The Hall–Kier alpha value is -3.55. The number of ether oxygens (including phenoxy) is 2. The lowest BCUT2D eigenvalue weighted by Crippen LogP contribution is -2.41. The van der Waals surface area contributed by atoms with E-state index in [4.69, 9.17) is 14.0 Å². The molecule has 4 rings (SSSR count). The summed E-state index contributed by atoms with van der Waals surface area (Å²) in [5.41, 5.74) is 1.51. The van der Waals surface area contributed by atoms with Gasteiger partial charge in [0, 0.05) is 17.8 Å². The molecule has 1 fully saturated rings. The van der Waals surface area contributed by atoms with Crippen LogP contribution in [0.3, 0.4) is 0 Å². The van der Waals surface area contributed by atoms with Crippen LogP contribution < -0.4 is 14.8 Å². The normalized spacial score (nSPS) is 16.1. The molecular formula is C23H26N4O4. The zero-order valence-electron chi connectivity index (χ0n) is 17.7. The van der Waals surface area contributed by atoms with E-state index in [1.165, 1.54) is 0 Å². The third-order valence-corrected chi connectivity index (χ3v) is 5.23. The lowest BCUT2D eigenvalue weighted by Gasteiger charge is -2.33. The van der Waals surface area contributed by atoms with E-state index < -0.39 is 0 Å². The second kappa shape index (κ2) is 9.51. The number of hydrogen-bond donors (Lipinski definition) is 1. The van der Waals surface area contributed by atoms with Gasteiger partial charge >= 0.3 is 6.03 Å². The zero-order chi connectivity index (χ0) is 21.6. The Kier molecular flexibility index (Phi) is 6.35. The van der Waals surface area contributed by atoms with Crippen LogP contribution in [-0.4, -0.2) is 41.3 Å². The van der Waals surface area contributed by atoms with E-state index in [-0.39, 0.29) is 12.1 Å². The molecule has 1 atom stereocenters. The van der Waals surface area contributed by atoms with Gasteiger partial charge in [-0.3, -0.25) is 0 Å². The van der Waals surface area contributed by atoms with E-state index in [0.717, 1.165) is 36.3 Å². The molecule has 1 saturated heterocycles. The highest BCUT2D eigenvalue weighted by molar-refractivity contribution is 5.89. The van der Waals surface area contributed by atoms with Crippen LogP contribution in [0.5, 0.6) is 11.5 Å². The molecule has 31 heavy (non-hydrogen) atoms. The van der Waals surface area contributed by atoms with Crippen molar-refractivity contribution in [1.82, 2.24) is 15.0 Å². The van der Waals surface area contributed by atoms with Gasteiger partial charge in [0.05, 0.1) is 13.7 Å². The molecule has 0 saturated carbocycles. The fourth-order valence-electron chi connectivity index (χ4n) is 3.68. The molecule has 0 aliphatic carbocycles. The Balaban J connectivity index is 1.49. The topological polar surface area (TPSA) is 89.7 Å². The van der Waals surface area contributed by atoms with Gasteiger partial charge in [-0.1, -0.05) is 17.3 Å². The monoisotopic (exact) mass is 422 g/mol. The van der Waals surface area contributed by atoms with Gasteiger partial charge in [-0.2, -0.15) is 4.98 Å². The number of benzene rings is 2. The third-order valence-electron chi connectivity index (χ3n) is 5.23. The summed E-state index contributed by atoms with van der Waals surface area (Å²) in [5, 5.41) is 7.09. The number of aromatic nitrogens is 2. The first-order valence-electron chi connectivity index (χ1n) is 10.5. The first kappa shape index (κ1) is 20.7. The lowest BCUT2D eigenvalue weighted by atomic mass is 10.0. The highest BCUT2D eigenvalue weighted by atomic mass is 16.5. The van der Waals surface area contributed by atoms with Gasteiger partial charge in [-0.05, 0) is 62.6 Å². The largest absolute Gasteiger partial charge is 0.497 e. The molecule has 2 heterocycles. The summed E-state index contributed by atoms with van der Waals surface area (Å²) in [6, 6.07) is 14.4. The predicted molar refractivity (Wildman–Crippen MR) is 116 cm³/mol. The molecule has 0 bridgehead atoms. The maximum atomic E-state index is 13.0. The Morgan fingerprint density at radius 2 is 2.03 bits per heavy atom. The summed E-state index contributed by atoms with van der Waals surface area (Å²) < 4.78 is 16.3. The molecule has 162 valence electrons. The quantitative estimate of drug-likeness (QED) is 0.607. The number of carbonyl (C=O) groups is 1. The van der Waals surface area contributed by atoms with E-state index in [0.29, 0.717) is 30.6 Å². The Morgan fingerprint density at radius 3 is 2.81 bits per heavy atom. The van der Waals surface area contributed by atoms with E-state index in [9.17, 15) is 4.79 Å². The number of methoxy groups -OCH3 is 1. The summed E-state index contributed by atoms with van der Waals surface area (Å²) >= 11 is 0. The van der Waals surface area contributed by atoms with Gasteiger partial charge in [-0.25, -0.2) is 4.79 Å². The lowest BCUT2D eigenvalue weighted by molar-refractivity contribution is 0.142.